The monoisotopic (exact) mass is 311 g/mol. The van der Waals surface area contributed by atoms with Gasteiger partial charge in [-0.2, -0.15) is 0 Å². The Morgan fingerprint density at radius 2 is 1.96 bits per heavy atom. The Balaban J connectivity index is 1.73. The van der Waals surface area contributed by atoms with E-state index in [1.54, 1.807) is 12.1 Å². The smallest absolute Gasteiger partial charge is 0.228 e. The Hall–Kier alpha value is -2.69. The molecule has 0 saturated heterocycles. The van der Waals surface area contributed by atoms with Crippen LogP contribution in [0.4, 0.5) is 10.1 Å². The van der Waals surface area contributed by atoms with E-state index in [4.69, 9.17) is 0 Å². The summed E-state index contributed by atoms with van der Waals surface area (Å²) in [4.78, 5) is 16.7. The first-order valence-corrected chi connectivity index (χ1v) is 7.64. The van der Waals surface area contributed by atoms with Gasteiger partial charge in [0.15, 0.2) is 0 Å². The third-order valence-electron chi connectivity index (χ3n) is 3.63. The van der Waals surface area contributed by atoms with Gasteiger partial charge in [-0.15, -0.1) is 0 Å². The number of para-hydroxylation sites is 1. The summed E-state index contributed by atoms with van der Waals surface area (Å²) in [6, 6.07) is 13.5. The number of nitrogens with zero attached hydrogens (tertiary/aromatic N) is 1. The second-order valence-corrected chi connectivity index (χ2v) is 5.41. The number of halogens is 1. The minimum atomic E-state index is -0.305. The topological polar surface area (TPSA) is 53.5 Å². The third kappa shape index (κ3) is 3.94. The van der Waals surface area contributed by atoms with Crippen molar-refractivity contribution in [3.8, 4) is 0 Å². The lowest BCUT2D eigenvalue weighted by Gasteiger charge is -2.17. The first-order valence-electron chi connectivity index (χ1n) is 7.64. The number of aliphatic imine (C=N–C) groups is 1. The summed E-state index contributed by atoms with van der Waals surface area (Å²) in [6.45, 7) is 1.68. The van der Waals surface area contributed by atoms with E-state index in [9.17, 15) is 9.18 Å². The molecule has 4 nitrogen and oxygen atoms in total. The molecule has 0 unspecified atom stereocenters. The highest BCUT2D eigenvalue weighted by Gasteiger charge is 2.13. The van der Waals surface area contributed by atoms with Crippen molar-refractivity contribution in [1.82, 2.24) is 5.32 Å². The second-order valence-electron chi connectivity index (χ2n) is 5.41. The van der Waals surface area contributed by atoms with Crippen LogP contribution in [0.2, 0.25) is 0 Å². The van der Waals surface area contributed by atoms with Gasteiger partial charge in [0.05, 0.1) is 12.1 Å². The van der Waals surface area contributed by atoms with E-state index in [1.807, 2.05) is 24.3 Å². The summed E-state index contributed by atoms with van der Waals surface area (Å²) in [6.07, 6.45) is 1.22. The SMILES string of the molecule is O=C(Cc1ccc(F)cc1)Nc1ccccc1C1=NCCCN1. The van der Waals surface area contributed by atoms with Crippen LogP contribution in [0.1, 0.15) is 17.5 Å². The predicted octanol–water partition coefficient (Wildman–Crippen LogP) is 2.75. The molecule has 0 bridgehead atoms. The van der Waals surface area contributed by atoms with Crippen molar-refractivity contribution in [1.29, 1.82) is 0 Å². The molecule has 0 radical (unpaired) electrons. The molecule has 118 valence electrons. The molecule has 3 rings (SSSR count). The molecule has 1 heterocycles. The fourth-order valence-electron chi connectivity index (χ4n) is 2.49. The van der Waals surface area contributed by atoms with Gasteiger partial charge in [0.25, 0.3) is 0 Å². The van der Waals surface area contributed by atoms with Crippen LogP contribution in [0, 0.1) is 5.82 Å². The van der Waals surface area contributed by atoms with Crippen molar-refractivity contribution in [3.05, 3.63) is 65.5 Å². The molecule has 1 aliphatic heterocycles. The molecule has 1 amide bonds. The number of nitrogens with one attached hydrogen (secondary N) is 2. The maximum atomic E-state index is 12.9. The van der Waals surface area contributed by atoms with Gasteiger partial charge in [-0.1, -0.05) is 24.3 Å². The van der Waals surface area contributed by atoms with Gasteiger partial charge in [-0.3, -0.25) is 9.79 Å². The van der Waals surface area contributed by atoms with Crippen molar-refractivity contribution in [2.45, 2.75) is 12.8 Å². The Morgan fingerprint density at radius 1 is 1.17 bits per heavy atom. The number of amidine groups is 1. The first kappa shape index (κ1) is 15.2. The number of rotatable bonds is 4. The first-order chi connectivity index (χ1) is 11.2. The van der Waals surface area contributed by atoms with E-state index < -0.39 is 0 Å². The molecule has 0 fully saturated rings. The van der Waals surface area contributed by atoms with Crippen molar-refractivity contribution in [3.63, 3.8) is 0 Å². The van der Waals surface area contributed by atoms with Crippen LogP contribution >= 0.6 is 0 Å². The summed E-state index contributed by atoms with van der Waals surface area (Å²) in [7, 11) is 0. The van der Waals surface area contributed by atoms with Gasteiger partial charge in [-0.05, 0) is 36.2 Å². The molecule has 0 atom stereocenters. The molecular weight excluding hydrogens is 293 g/mol. The average Bonchev–Trinajstić information content (AvgIpc) is 2.58. The summed E-state index contributed by atoms with van der Waals surface area (Å²) < 4.78 is 12.9. The van der Waals surface area contributed by atoms with E-state index in [1.165, 1.54) is 12.1 Å². The van der Waals surface area contributed by atoms with E-state index in [2.05, 4.69) is 15.6 Å². The highest BCUT2D eigenvalue weighted by Crippen LogP contribution is 2.17. The van der Waals surface area contributed by atoms with Gasteiger partial charge < -0.3 is 10.6 Å². The summed E-state index contributed by atoms with van der Waals surface area (Å²) in [5, 5.41) is 6.18. The minimum Gasteiger partial charge on any atom is -0.370 e. The van der Waals surface area contributed by atoms with Crippen LogP contribution in [-0.2, 0) is 11.2 Å². The van der Waals surface area contributed by atoms with Crippen molar-refractivity contribution in [2.24, 2.45) is 4.99 Å². The Bertz CT molecular complexity index is 725. The van der Waals surface area contributed by atoms with Crippen molar-refractivity contribution >= 4 is 17.4 Å². The van der Waals surface area contributed by atoms with Crippen LogP contribution < -0.4 is 10.6 Å². The molecule has 23 heavy (non-hydrogen) atoms. The van der Waals surface area contributed by atoms with Crippen LogP contribution in [0.3, 0.4) is 0 Å². The lowest BCUT2D eigenvalue weighted by atomic mass is 10.1. The van der Waals surface area contributed by atoms with Crippen molar-refractivity contribution < 1.29 is 9.18 Å². The maximum absolute atomic E-state index is 12.9. The largest absolute Gasteiger partial charge is 0.370 e. The Morgan fingerprint density at radius 3 is 2.70 bits per heavy atom. The quantitative estimate of drug-likeness (QED) is 0.912. The molecule has 2 aromatic rings. The fraction of sp³-hybridized carbons (Fsp3) is 0.222. The van der Waals surface area contributed by atoms with Gasteiger partial charge in [0.2, 0.25) is 5.91 Å². The third-order valence-corrected chi connectivity index (χ3v) is 3.63. The lowest BCUT2D eigenvalue weighted by molar-refractivity contribution is -0.115. The van der Waals surface area contributed by atoms with Crippen LogP contribution in [0.15, 0.2) is 53.5 Å². The van der Waals surface area contributed by atoms with E-state index in [-0.39, 0.29) is 18.1 Å². The van der Waals surface area contributed by atoms with Gasteiger partial charge in [0, 0.05) is 18.7 Å². The molecule has 2 N–H and O–H groups in total. The normalized spacial score (nSPS) is 13.9. The van der Waals surface area contributed by atoms with Crippen LogP contribution in [-0.4, -0.2) is 24.8 Å². The zero-order valence-corrected chi connectivity index (χ0v) is 12.7. The number of hydrogen-bond donors (Lipinski definition) is 2. The molecular formula is C18H18FN3O. The number of anilines is 1. The minimum absolute atomic E-state index is 0.138. The molecule has 0 saturated carbocycles. The molecule has 0 aromatic heterocycles. The average molecular weight is 311 g/mol. The van der Waals surface area contributed by atoms with E-state index in [0.717, 1.165) is 42.2 Å². The number of benzene rings is 2. The number of carbonyl (C=O) groups excluding carboxylic acids is 1. The van der Waals surface area contributed by atoms with Gasteiger partial charge in [0.1, 0.15) is 11.7 Å². The number of hydrogen-bond acceptors (Lipinski definition) is 3. The van der Waals surface area contributed by atoms with Gasteiger partial charge >= 0.3 is 0 Å². The molecule has 5 heteroatoms. The lowest BCUT2D eigenvalue weighted by Crippen LogP contribution is -2.31. The standard InChI is InChI=1S/C18H18FN3O/c19-14-8-6-13(7-9-14)12-17(23)22-16-5-2-1-4-15(16)18-20-10-3-11-21-18/h1-2,4-9H,3,10-12H2,(H,20,21)(H,22,23). The Kier molecular flexibility index (Phi) is 4.66. The number of carbonyl (C=O) groups is 1. The van der Waals surface area contributed by atoms with E-state index in [0.29, 0.717) is 0 Å². The van der Waals surface area contributed by atoms with Crippen molar-refractivity contribution in [2.75, 3.05) is 18.4 Å². The Labute approximate surface area is 134 Å². The van der Waals surface area contributed by atoms with Crippen LogP contribution in [0.5, 0.6) is 0 Å². The zero-order valence-electron chi connectivity index (χ0n) is 12.7. The van der Waals surface area contributed by atoms with E-state index >= 15 is 0 Å². The second kappa shape index (κ2) is 7.05. The zero-order chi connectivity index (χ0) is 16.1. The van der Waals surface area contributed by atoms with Crippen LogP contribution in [0.25, 0.3) is 0 Å². The summed E-state index contributed by atoms with van der Waals surface area (Å²) >= 11 is 0. The summed E-state index contributed by atoms with van der Waals surface area (Å²) in [5.41, 5.74) is 2.39. The molecule has 2 aromatic carbocycles. The fourth-order valence-corrected chi connectivity index (χ4v) is 2.49. The molecule has 1 aliphatic rings. The maximum Gasteiger partial charge on any atom is 0.228 e. The van der Waals surface area contributed by atoms with Gasteiger partial charge in [-0.25, -0.2) is 4.39 Å². The highest BCUT2D eigenvalue weighted by molar-refractivity contribution is 6.06. The highest BCUT2D eigenvalue weighted by atomic mass is 19.1. The predicted molar refractivity (Wildman–Crippen MR) is 89.2 cm³/mol. The number of amides is 1. The molecule has 0 spiro atoms. The summed E-state index contributed by atoms with van der Waals surface area (Å²) in [5.74, 6) is 0.371. The molecule has 0 aliphatic carbocycles.